The molecule has 3 rings (SSSR count). The second-order valence-corrected chi connectivity index (χ2v) is 7.01. The first-order valence-corrected chi connectivity index (χ1v) is 8.17. The minimum atomic E-state index is 0.705. The summed E-state index contributed by atoms with van der Waals surface area (Å²) in [5, 5.41) is 4.12. The van der Waals surface area contributed by atoms with Crippen molar-refractivity contribution >= 4 is 49.5 Å². The molecule has 0 spiro atoms. The summed E-state index contributed by atoms with van der Waals surface area (Å²) in [6.07, 6.45) is 2.13. The molecule has 0 radical (unpaired) electrons. The Bertz CT molecular complexity index is 778. The van der Waals surface area contributed by atoms with Crippen LogP contribution in [0.3, 0.4) is 0 Å². The molecule has 3 aromatic rings. The first kappa shape index (κ1) is 13.9. The van der Waals surface area contributed by atoms with Crippen LogP contribution in [0.25, 0.3) is 4.96 Å². The van der Waals surface area contributed by atoms with Crippen LogP contribution < -0.4 is 5.32 Å². The van der Waals surface area contributed by atoms with Crippen LogP contribution in [0.15, 0.2) is 28.9 Å². The molecule has 1 N–H and O–H groups in total. The first-order valence-electron chi connectivity index (χ1n) is 6.18. The van der Waals surface area contributed by atoms with Crippen LogP contribution in [0, 0.1) is 13.8 Å². The van der Waals surface area contributed by atoms with E-state index in [0.717, 1.165) is 20.8 Å². The number of hydrogen-bond donors (Lipinski definition) is 1. The first-order chi connectivity index (χ1) is 9.56. The molecule has 0 aliphatic heterocycles. The molecule has 0 aliphatic rings. The molecule has 0 amide bonds. The Kier molecular flexibility index (Phi) is 3.75. The van der Waals surface area contributed by atoms with Crippen LogP contribution in [-0.4, -0.2) is 9.38 Å². The SMILES string of the molecule is Cc1cn2c(CNc3cccc(Cl)c3Br)c(C)nc2s1. The Morgan fingerprint density at radius 2 is 2.20 bits per heavy atom. The zero-order valence-electron chi connectivity index (χ0n) is 11.1. The van der Waals surface area contributed by atoms with E-state index in [1.807, 2.05) is 25.1 Å². The van der Waals surface area contributed by atoms with E-state index in [1.54, 1.807) is 11.3 Å². The maximum atomic E-state index is 6.10. The lowest BCUT2D eigenvalue weighted by Crippen LogP contribution is -2.04. The van der Waals surface area contributed by atoms with Crippen molar-refractivity contribution in [1.29, 1.82) is 0 Å². The molecule has 0 saturated heterocycles. The average Bonchev–Trinajstić information content (AvgIpc) is 2.87. The zero-order chi connectivity index (χ0) is 14.3. The summed E-state index contributed by atoms with van der Waals surface area (Å²) in [6.45, 7) is 4.85. The van der Waals surface area contributed by atoms with E-state index in [2.05, 4.69) is 43.8 Å². The third-order valence-electron chi connectivity index (χ3n) is 3.14. The summed E-state index contributed by atoms with van der Waals surface area (Å²) in [5.41, 5.74) is 3.22. The molecule has 0 unspecified atom stereocenters. The molecule has 0 atom stereocenters. The van der Waals surface area contributed by atoms with E-state index in [9.17, 15) is 0 Å². The molecule has 0 saturated carbocycles. The lowest BCUT2D eigenvalue weighted by molar-refractivity contribution is 0.990. The van der Waals surface area contributed by atoms with Gasteiger partial charge in [0.05, 0.1) is 33.1 Å². The second kappa shape index (κ2) is 5.39. The van der Waals surface area contributed by atoms with Crippen molar-refractivity contribution in [2.45, 2.75) is 20.4 Å². The maximum absolute atomic E-state index is 6.10. The topological polar surface area (TPSA) is 29.3 Å². The van der Waals surface area contributed by atoms with Gasteiger partial charge in [0.25, 0.3) is 0 Å². The highest BCUT2D eigenvalue weighted by Gasteiger charge is 2.11. The number of fused-ring (bicyclic) bond motifs is 1. The van der Waals surface area contributed by atoms with Crippen molar-refractivity contribution in [3.05, 3.63) is 50.2 Å². The summed E-state index contributed by atoms with van der Waals surface area (Å²) < 4.78 is 3.04. The van der Waals surface area contributed by atoms with Gasteiger partial charge in [-0.15, -0.1) is 11.3 Å². The molecule has 2 heterocycles. The Hall–Kier alpha value is -1.04. The quantitative estimate of drug-likeness (QED) is 0.700. The van der Waals surface area contributed by atoms with Gasteiger partial charge in [-0.1, -0.05) is 17.7 Å². The summed E-state index contributed by atoms with van der Waals surface area (Å²) in [4.78, 5) is 6.90. The molecule has 6 heteroatoms. The summed E-state index contributed by atoms with van der Waals surface area (Å²) in [5.74, 6) is 0. The fourth-order valence-electron chi connectivity index (χ4n) is 2.14. The van der Waals surface area contributed by atoms with Crippen LogP contribution in [0.1, 0.15) is 16.3 Å². The van der Waals surface area contributed by atoms with Gasteiger partial charge in [0.2, 0.25) is 0 Å². The van der Waals surface area contributed by atoms with Crippen LogP contribution in [0.4, 0.5) is 5.69 Å². The molecular formula is C14H13BrClN3S. The van der Waals surface area contributed by atoms with Gasteiger partial charge in [-0.25, -0.2) is 4.98 Å². The number of halogens is 2. The smallest absolute Gasteiger partial charge is 0.194 e. The zero-order valence-corrected chi connectivity index (χ0v) is 14.2. The standard InChI is InChI=1S/C14H13BrClN3S/c1-8-7-19-12(9(2)18-14(19)20-8)6-17-11-5-3-4-10(16)13(11)15/h3-5,7,17H,6H2,1-2H3. The van der Waals surface area contributed by atoms with Gasteiger partial charge >= 0.3 is 0 Å². The lowest BCUT2D eigenvalue weighted by atomic mass is 10.3. The van der Waals surface area contributed by atoms with Crippen molar-refractivity contribution in [2.75, 3.05) is 5.32 Å². The molecular weight excluding hydrogens is 358 g/mol. The van der Waals surface area contributed by atoms with E-state index in [0.29, 0.717) is 11.6 Å². The predicted octanol–water partition coefficient (Wildman–Crippen LogP) is 5.04. The van der Waals surface area contributed by atoms with Gasteiger partial charge in [0.15, 0.2) is 4.96 Å². The minimum absolute atomic E-state index is 0.705. The Balaban J connectivity index is 1.90. The Morgan fingerprint density at radius 3 is 3.00 bits per heavy atom. The number of nitrogens with one attached hydrogen (secondary N) is 1. The number of aryl methyl sites for hydroxylation is 2. The predicted molar refractivity (Wildman–Crippen MR) is 89.0 cm³/mol. The van der Waals surface area contributed by atoms with Gasteiger partial charge < -0.3 is 5.32 Å². The van der Waals surface area contributed by atoms with Gasteiger partial charge in [-0.3, -0.25) is 4.40 Å². The van der Waals surface area contributed by atoms with E-state index < -0.39 is 0 Å². The molecule has 0 fully saturated rings. The highest BCUT2D eigenvalue weighted by molar-refractivity contribution is 9.10. The molecule has 20 heavy (non-hydrogen) atoms. The second-order valence-electron chi connectivity index (χ2n) is 4.59. The van der Waals surface area contributed by atoms with Gasteiger partial charge in [0.1, 0.15) is 0 Å². The fourth-order valence-corrected chi connectivity index (χ4v) is 3.61. The third-order valence-corrected chi connectivity index (χ3v) is 5.43. The summed E-state index contributed by atoms with van der Waals surface area (Å²) in [6, 6.07) is 5.80. The number of rotatable bonds is 3. The molecule has 0 aliphatic carbocycles. The van der Waals surface area contributed by atoms with Crippen LogP contribution in [0.2, 0.25) is 5.02 Å². The van der Waals surface area contributed by atoms with E-state index in [4.69, 9.17) is 11.6 Å². The average molecular weight is 371 g/mol. The van der Waals surface area contributed by atoms with Gasteiger partial charge in [-0.05, 0) is 41.9 Å². The van der Waals surface area contributed by atoms with E-state index >= 15 is 0 Å². The van der Waals surface area contributed by atoms with Crippen LogP contribution in [0.5, 0.6) is 0 Å². The summed E-state index contributed by atoms with van der Waals surface area (Å²) >= 11 is 11.3. The van der Waals surface area contributed by atoms with Crippen LogP contribution >= 0.6 is 38.9 Å². The largest absolute Gasteiger partial charge is 0.378 e. The highest BCUT2D eigenvalue weighted by Crippen LogP contribution is 2.30. The number of thiazole rings is 1. The molecule has 0 bridgehead atoms. The van der Waals surface area contributed by atoms with Crippen molar-refractivity contribution < 1.29 is 0 Å². The number of anilines is 1. The van der Waals surface area contributed by atoms with Crippen LogP contribution in [-0.2, 0) is 6.54 Å². The maximum Gasteiger partial charge on any atom is 0.194 e. The molecule has 2 aromatic heterocycles. The molecule has 1 aromatic carbocycles. The van der Waals surface area contributed by atoms with Crippen molar-refractivity contribution in [3.63, 3.8) is 0 Å². The number of imidazole rings is 1. The monoisotopic (exact) mass is 369 g/mol. The van der Waals surface area contributed by atoms with E-state index in [1.165, 1.54) is 10.6 Å². The van der Waals surface area contributed by atoms with E-state index in [-0.39, 0.29) is 0 Å². The number of nitrogens with zero attached hydrogens (tertiary/aromatic N) is 2. The molecule has 3 nitrogen and oxygen atoms in total. The highest BCUT2D eigenvalue weighted by atomic mass is 79.9. The van der Waals surface area contributed by atoms with Crippen molar-refractivity contribution in [3.8, 4) is 0 Å². The summed E-state index contributed by atoms with van der Waals surface area (Å²) in [7, 11) is 0. The lowest BCUT2D eigenvalue weighted by Gasteiger charge is -2.09. The molecule has 104 valence electrons. The number of benzene rings is 1. The van der Waals surface area contributed by atoms with Gasteiger partial charge in [-0.2, -0.15) is 0 Å². The normalized spacial score (nSPS) is 11.2. The van der Waals surface area contributed by atoms with Gasteiger partial charge in [0, 0.05) is 11.1 Å². The Labute approximate surface area is 134 Å². The van der Waals surface area contributed by atoms with Crippen molar-refractivity contribution in [1.82, 2.24) is 9.38 Å². The van der Waals surface area contributed by atoms with Crippen molar-refractivity contribution in [2.24, 2.45) is 0 Å². The number of aromatic nitrogens is 2. The Morgan fingerprint density at radius 1 is 1.40 bits per heavy atom. The number of hydrogen-bond acceptors (Lipinski definition) is 3. The fraction of sp³-hybridized carbons (Fsp3) is 0.214. The minimum Gasteiger partial charge on any atom is -0.378 e. The third kappa shape index (κ3) is 2.45.